The number of allylic oxidation sites excluding steroid dienone is 1. The fraction of sp³-hybridized carbons (Fsp3) is 0.595. The lowest BCUT2D eigenvalue weighted by Crippen LogP contribution is -2.44. The zero-order valence-electron chi connectivity index (χ0n) is 26.8. The topological polar surface area (TPSA) is 68.2 Å². The molecule has 2 saturated carbocycles. The van der Waals surface area contributed by atoms with Gasteiger partial charge in [0.25, 0.3) is 5.91 Å². The number of rotatable bonds is 5. The van der Waals surface area contributed by atoms with Gasteiger partial charge in [0.05, 0.1) is 25.0 Å². The van der Waals surface area contributed by atoms with E-state index in [9.17, 15) is 9.00 Å². The fourth-order valence-electron chi connectivity index (χ4n) is 7.19. The molecule has 0 saturated heterocycles. The van der Waals surface area contributed by atoms with Gasteiger partial charge in [0, 0.05) is 40.0 Å². The van der Waals surface area contributed by atoms with Crippen LogP contribution in [0.25, 0.3) is 0 Å². The Kier molecular flexibility index (Phi) is 10.9. The standard InChI is InChI=1S/C37H49ClN2O4S/c1-3-5-26-16-17-43-36-15-12-28-20-34(36)40(21-29-10-13-32(38)19-31(29)18-26)22-30-11-14-33(30)35(44-23-27-8-9-27)7-4-6-25(2)24-45(42)39-37(28)41/h4,7,10,12-13,15,19-20,25-27,30,33,35,45H,3,5-6,8-9,11,14,16-18,21-24H2,1-2H3/b7-4+/t25-,26?,30-,33+,35-/m0/s1. The Bertz CT molecular complexity index is 1470. The molecule has 6 atom stereocenters. The molecule has 2 aromatic carbocycles. The van der Waals surface area contributed by atoms with Gasteiger partial charge in [-0.2, -0.15) is 4.36 Å². The van der Waals surface area contributed by atoms with Crippen LogP contribution in [0.5, 0.6) is 5.75 Å². The quantitative estimate of drug-likeness (QED) is 0.260. The molecule has 0 N–H and O–H groups in total. The summed E-state index contributed by atoms with van der Waals surface area (Å²) in [6, 6.07) is 11.9. The number of ether oxygens (including phenoxy) is 2. The monoisotopic (exact) mass is 652 g/mol. The minimum Gasteiger partial charge on any atom is -0.491 e. The maximum Gasteiger partial charge on any atom is 0.284 e. The van der Waals surface area contributed by atoms with Crippen LogP contribution in [-0.2, 0) is 28.3 Å². The zero-order valence-corrected chi connectivity index (χ0v) is 28.5. The Labute approximate surface area is 276 Å². The molecule has 2 unspecified atom stereocenters. The van der Waals surface area contributed by atoms with Crippen LogP contribution >= 0.6 is 11.6 Å². The van der Waals surface area contributed by atoms with Crippen molar-refractivity contribution < 1.29 is 18.5 Å². The summed E-state index contributed by atoms with van der Waals surface area (Å²) in [5.74, 6) is 3.00. The molecule has 2 aromatic rings. The summed E-state index contributed by atoms with van der Waals surface area (Å²) in [5, 5.41) is 0.767. The number of hydrogen-bond donors (Lipinski definition) is 1. The smallest absolute Gasteiger partial charge is 0.284 e. The van der Waals surface area contributed by atoms with Crippen LogP contribution in [0.2, 0.25) is 5.02 Å². The molecule has 2 aliphatic carbocycles. The van der Waals surface area contributed by atoms with E-state index in [1.807, 2.05) is 18.2 Å². The molecule has 45 heavy (non-hydrogen) atoms. The molecule has 2 aliphatic heterocycles. The number of halogens is 1. The second-order valence-electron chi connectivity index (χ2n) is 13.9. The van der Waals surface area contributed by atoms with E-state index in [0.29, 0.717) is 48.1 Å². The first-order valence-corrected chi connectivity index (χ1v) is 18.9. The lowest BCUT2D eigenvalue weighted by Gasteiger charge is -2.44. The van der Waals surface area contributed by atoms with E-state index in [4.69, 9.17) is 21.1 Å². The van der Waals surface area contributed by atoms with Crippen molar-refractivity contribution in [1.29, 1.82) is 0 Å². The normalized spacial score (nSPS) is 30.4. The number of thiol groups is 1. The highest BCUT2D eigenvalue weighted by Crippen LogP contribution is 2.43. The highest BCUT2D eigenvalue weighted by atomic mass is 35.5. The number of fused-ring (bicyclic) bond motifs is 3. The van der Waals surface area contributed by atoms with E-state index >= 15 is 0 Å². The van der Waals surface area contributed by atoms with Crippen molar-refractivity contribution in [3.63, 3.8) is 0 Å². The Morgan fingerprint density at radius 3 is 2.71 bits per heavy atom. The average Bonchev–Trinajstić information content (AvgIpc) is 3.82. The highest BCUT2D eigenvalue weighted by Gasteiger charge is 2.39. The van der Waals surface area contributed by atoms with E-state index in [0.717, 1.165) is 74.6 Å². The molecule has 0 aromatic heterocycles. The molecule has 6 nitrogen and oxygen atoms in total. The Morgan fingerprint density at radius 2 is 1.93 bits per heavy atom. The second kappa shape index (κ2) is 15.0. The third-order valence-electron chi connectivity index (χ3n) is 10.2. The van der Waals surface area contributed by atoms with Crippen LogP contribution in [0.3, 0.4) is 0 Å². The molecule has 6 rings (SSSR count). The van der Waals surface area contributed by atoms with Crippen LogP contribution in [0.15, 0.2) is 52.9 Å². The van der Waals surface area contributed by atoms with Crippen molar-refractivity contribution in [2.45, 2.75) is 84.3 Å². The third-order valence-corrected chi connectivity index (χ3v) is 11.7. The maximum atomic E-state index is 13.3. The van der Waals surface area contributed by atoms with E-state index in [1.54, 1.807) is 6.07 Å². The summed E-state index contributed by atoms with van der Waals surface area (Å²) in [7, 11) is -2.00. The molecule has 0 spiro atoms. The Morgan fingerprint density at radius 1 is 1.07 bits per heavy atom. The summed E-state index contributed by atoms with van der Waals surface area (Å²) >= 11 is 6.57. The molecule has 2 heterocycles. The van der Waals surface area contributed by atoms with E-state index in [1.165, 1.54) is 24.0 Å². The first-order chi connectivity index (χ1) is 21.9. The predicted octanol–water partition coefficient (Wildman–Crippen LogP) is 8.31. The summed E-state index contributed by atoms with van der Waals surface area (Å²) in [6.07, 6.45) is 14.4. The van der Waals surface area contributed by atoms with E-state index < -0.39 is 16.5 Å². The largest absolute Gasteiger partial charge is 0.491 e. The third kappa shape index (κ3) is 8.52. The van der Waals surface area contributed by atoms with Crippen molar-refractivity contribution >= 4 is 33.8 Å². The SMILES string of the molecule is CCCC1CCOc2ccc3cc2N(Cc2ccc(Cl)cc2C1)C[C@@H]1CC[C@H]1[C@@H](OCC1CC1)/C=C/C[C@H](C)C/[SH](=O)=N\C3=O. The first kappa shape index (κ1) is 32.6. The summed E-state index contributed by atoms with van der Waals surface area (Å²) in [4.78, 5) is 15.8. The zero-order chi connectivity index (χ0) is 31.3. The van der Waals surface area contributed by atoms with Crippen molar-refractivity contribution in [3.05, 3.63) is 70.3 Å². The number of anilines is 1. The summed E-state index contributed by atoms with van der Waals surface area (Å²) in [5.41, 5.74) is 3.91. The van der Waals surface area contributed by atoms with Crippen molar-refractivity contribution in [2.75, 3.05) is 30.4 Å². The summed E-state index contributed by atoms with van der Waals surface area (Å²) in [6.45, 7) is 7.28. The number of carbonyl (C=O) groups is 1. The molecule has 1 amide bonds. The Balaban J connectivity index is 1.41. The maximum absolute atomic E-state index is 13.3. The predicted molar refractivity (Wildman–Crippen MR) is 184 cm³/mol. The van der Waals surface area contributed by atoms with Crippen molar-refractivity contribution in [1.82, 2.24) is 0 Å². The molecule has 4 aliphatic rings. The van der Waals surface area contributed by atoms with Gasteiger partial charge in [-0.3, -0.25) is 9.00 Å². The van der Waals surface area contributed by atoms with Gasteiger partial charge >= 0.3 is 0 Å². The molecule has 0 radical (unpaired) electrons. The fourth-order valence-corrected chi connectivity index (χ4v) is 8.47. The highest BCUT2D eigenvalue weighted by molar-refractivity contribution is 7.75. The second-order valence-corrected chi connectivity index (χ2v) is 15.6. The minimum atomic E-state index is -2.00. The van der Waals surface area contributed by atoms with Gasteiger partial charge in [-0.25, -0.2) is 0 Å². The minimum absolute atomic E-state index is 0.0800. The van der Waals surface area contributed by atoms with Gasteiger partial charge in [-0.1, -0.05) is 56.5 Å². The lowest BCUT2D eigenvalue weighted by molar-refractivity contribution is -0.0181. The Hall–Kier alpha value is -2.35. The number of amides is 1. The number of nitrogens with zero attached hydrogens (tertiary/aromatic N) is 2. The lowest BCUT2D eigenvalue weighted by atomic mass is 9.70. The van der Waals surface area contributed by atoms with Gasteiger partial charge in [-0.15, -0.1) is 0 Å². The van der Waals surface area contributed by atoms with E-state index in [-0.39, 0.29) is 12.0 Å². The number of benzene rings is 2. The van der Waals surface area contributed by atoms with Gasteiger partial charge < -0.3 is 14.4 Å². The van der Waals surface area contributed by atoms with Crippen LogP contribution in [0.4, 0.5) is 5.69 Å². The molecular formula is C37H49ClN2O4S. The van der Waals surface area contributed by atoms with Gasteiger partial charge in [-0.05, 0) is 116 Å². The molecule has 8 heteroatoms. The van der Waals surface area contributed by atoms with Crippen LogP contribution in [-0.4, -0.2) is 41.7 Å². The molecule has 244 valence electrons. The molecule has 2 bridgehead atoms. The van der Waals surface area contributed by atoms with Crippen molar-refractivity contribution in [2.24, 2.45) is 34.0 Å². The van der Waals surface area contributed by atoms with E-state index in [2.05, 4.69) is 47.4 Å². The van der Waals surface area contributed by atoms with Gasteiger partial charge in [0.1, 0.15) is 5.75 Å². The van der Waals surface area contributed by atoms with Crippen LogP contribution in [0.1, 0.15) is 86.7 Å². The van der Waals surface area contributed by atoms with Gasteiger partial charge in [0.15, 0.2) is 0 Å². The molecule has 2 fully saturated rings. The summed E-state index contributed by atoms with van der Waals surface area (Å²) < 4.78 is 30.3. The molecular weight excluding hydrogens is 604 g/mol. The van der Waals surface area contributed by atoms with Crippen LogP contribution < -0.4 is 9.64 Å². The number of hydrogen-bond acceptors (Lipinski definition) is 5. The number of carbonyl (C=O) groups excluding carboxylic acids is 1. The van der Waals surface area contributed by atoms with Crippen LogP contribution in [0, 0.1) is 29.6 Å². The average molecular weight is 653 g/mol. The van der Waals surface area contributed by atoms with Gasteiger partial charge in [0.2, 0.25) is 0 Å². The van der Waals surface area contributed by atoms with Crippen molar-refractivity contribution in [3.8, 4) is 5.75 Å². The first-order valence-electron chi connectivity index (χ1n) is 17.1.